The highest BCUT2D eigenvalue weighted by Gasteiger charge is 2.10. The maximum Gasteiger partial charge on any atom is 0.0420 e. The summed E-state index contributed by atoms with van der Waals surface area (Å²) in [6.45, 7) is 5.31. The topological polar surface area (TPSA) is 12.0 Å². The summed E-state index contributed by atoms with van der Waals surface area (Å²) in [5.41, 5.74) is 1.26. The van der Waals surface area contributed by atoms with Gasteiger partial charge in [0.05, 0.1) is 0 Å². The van der Waals surface area contributed by atoms with Crippen LogP contribution in [0.2, 0.25) is 5.02 Å². The number of nitrogens with one attached hydrogen (secondary N) is 1. The molecule has 0 aliphatic rings. The molecule has 15 heavy (non-hydrogen) atoms. The Morgan fingerprint density at radius 3 is 2.60 bits per heavy atom. The van der Waals surface area contributed by atoms with Crippen LogP contribution in [0, 0.1) is 0 Å². The molecule has 1 aromatic carbocycles. The molecule has 0 amide bonds. The zero-order chi connectivity index (χ0) is 11.3. The van der Waals surface area contributed by atoms with E-state index < -0.39 is 0 Å². The van der Waals surface area contributed by atoms with Gasteiger partial charge in [0.15, 0.2) is 0 Å². The second-order valence-electron chi connectivity index (χ2n) is 3.60. The molecule has 0 saturated heterocycles. The van der Waals surface area contributed by atoms with Crippen LogP contribution >= 0.6 is 27.5 Å². The molecule has 0 heterocycles. The molecule has 0 aliphatic carbocycles. The molecule has 0 spiro atoms. The smallest absolute Gasteiger partial charge is 0.0420 e. The van der Waals surface area contributed by atoms with Crippen molar-refractivity contribution in [3.05, 3.63) is 33.3 Å². The number of halogens is 2. The van der Waals surface area contributed by atoms with Gasteiger partial charge >= 0.3 is 0 Å². The molecule has 1 N–H and O–H groups in total. The minimum absolute atomic E-state index is 0.412. The van der Waals surface area contributed by atoms with E-state index in [1.54, 1.807) is 0 Å². The van der Waals surface area contributed by atoms with Crippen molar-refractivity contribution in [2.75, 3.05) is 6.54 Å². The van der Waals surface area contributed by atoms with Crippen molar-refractivity contribution >= 4 is 27.5 Å². The third kappa shape index (κ3) is 4.13. The van der Waals surface area contributed by atoms with Crippen LogP contribution in [0.15, 0.2) is 22.7 Å². The van der Waals surface area contributed by atoms with Crippen LogP contribution in [0.3, 0.4) is 0 Å². The van der Waals surface area contributed by atoms with Crippen LogP contribution in [0.1, 0.15) is 38.3 Å². The van der Waals surface area contributed by atoms with Gasteiger partial charge in [-0.3, -0.25) is 0 Å². The zero-order valence-corrected chi connectivity index (χ0v) is 11.5. The molecular weight excluding hydrogens is 273 g/mol. The van der Waals surface area contributed by atoms with E-state index in [0.717, 1.165) is 22.5 Å². The summed E-state index contributed by atoms with van der Waals surface area (Å²) >= 11 is 9.51. The van der Waals surface area contributed by atoms with Crippen molar-refractivity contribution in [1.82, 2.24) is 5.32 Å². The van der Waals surface area contributed by atoms with E-state index in [-0.39, 0.29) is 0 Å². The first-order valence-electron chi connectivity index (χ1n) is 5.36. The normalized spacial score (nSPS) is 12.8. The quantitative estimate of drug-likeness (QED) is 0.838. The van der Waals surface area contributed by atoms with Crippen LogP contribution in [0.5, 0.6) is 0 Å². The lowest BCUT2D eigenvalue weighted by molar-refractivity contribution is 0.509. The van der Waals surface area contributed by atoms with Gasteiger partial charge in [0, 0.05) is 15.5 Å². The Morgan fingerprint density at radius 2 is 2.07 bits per heavy atom. The van der Waals surface area contributed by atoms with Gasteiger partial charge in [-0.25, -0.2) is 0 Å². The Kier molecular flexibility index (Phi) is 5.65. The van der Waals surface area contributed by atoms with Gasteiger partial charge in [-0.2, -0.15) is 0 Å². The number of hydrogen-bond donors (Lipinski definition) is 1. The summed E-state index contributed by atoms with van der Waals surface area (Å²) in [5.74, 6) is 0. The van der Waals surface area contributed by atoms with Crippen LogP contribution in [0.4, 0.5) is 0 Å². The molecule has 1 atom stereocenters. The minimum atomic E-state index is 0.412. The van der Waals surface area contributed by atoms with E-state index in [1.807, 2.05) is 12.1 Å². The van der Waals surface area contributed by atoms with Gasteiger partial charge in [-0.05, 0) is 36.7 Å². The van der Waals surface area contributed by atoms with E-state index in [1.165, 1.54) is 12.0 Å². The van der Waals surface area contributed by atoms with Gasteiger partial charge in [0.2, 0.25) is 0 Å². The van der Waals surface area contributed by atoms with Crippen molar-refractivity contribution in [2.24, 2.45) is 0 Å². The third-order valence-electron chi connectivity index (χ3n) is 2.32. The van der Waals surface area contributed by atoms with Gasteiger partial charge in [0.1, 0.15) is 0 Å². The summed E-state index contributed by atoms with van der Waals surface area (Å²) in [4.78, 5) is 0. The Balaban J connectivity index is 2.88. The lowest BCUT2D eigenvalue weighted by atomic mass is 10.0. The second kappa shape index (κ2) is 6.51. The minimum Gasteiger partial charge on any atom is -0.310 e. The number of hydrogen-bond acceptors (Lipinski definition) is 1. The summed E-state index contributed by atoms with van der Waals surface area (Å²) in [7, 11) is 0. The summed E-state index contributed by atoms with van der Waals surface area (Å²) in [6.07, 6.45) is 2.31. The largest absolute Gasteiger partial charge is 0.310 e. The van der Waals surface area contributed by atoms with Gasteiger partial charge in [-0.15, -0.1) is 0 Å². The molecular formula is C12H17BrClN. The Bertz CT molecular complexity index is 288. The molecule has 0 fully saturated rings. The van der Waals surface area contributed by atoms with Crippen molar-refractivity contribution in [3.63, 3.8) is 0 Å². The van der Waals surface area contributed by atoms with E-state index in [0.29, 0.717) is 6.04 Å². The first-order valence-corrected chi connectivity index (χ1v) is 6.53. The molecule has 0 bridgehead atoms. The summed E-state index contributed by atoms with van der Waals surface area (Å²) in [5, 5.41) is 4.26. The fourth-order valence-electron chi connectivity index (χ4n) is 1.70. The molecule has 1 aromatic rings. The zero-order valence-electron chi connectivity index (χ0n) is 9.19. The standard InChI is InChI=1S/C12H17BrClN/c1-3-5-12(15-4-2)9-6-10(13)8-11(14)7-9/h6-8,12,15H,3-5H2,1-2H3. The highest BCUT2D eigenvalue weighted by Crippen LogP contribution is 2.26. The lowest BCUT2D eigenvalue weighted by Crippen LogP contribution is -2.20. The highest BCUT2D eigenvalue weighted by molar-refractivity contribution is 9.10. The van der Waals surface area contributed by atoms with Crippen molar-refractivity contribution in [1.29, 1.82) is 0 Å². The molecule has 0 aliphatic heterocycles. The predicted octanol–water partition coefficient (Wildman–Crippen LogP) is 4.55. The molecule has 84 valence electrons. The Labute approximate surface area is 105 Å². The van der Waals surface area contributed by atoms with Gasteiger partial charge in [-0.1, -0.05) is 47.8 Å². The van der Waals surface area contributed by atoms with E-state index in [4.69, 9.17) is 11.6 Å². The monoisotopic (exact) mass is 289 g/mol. The van der Waals surface area contributed by atoms with Crippen LogP contribution in [-0.2, 0) is 0 Å². The molecule has 0 aromatic heterocycles. The van der Waals surface area contributed by atoms with Gasteiger partial charge < -0.3 is 5.32 Å². The maximum atomic E-state index is 6.04. The van der Waals surface area contributed by atoms with Crippen LogP contribution < -0.4 is 5.32 Å². The van der Waals surface area contributed by atoms with E-state index in [9.17, 15) is 0 Å². The first kappa shape index (κ1) is 13.0. The van der Waals surface area contributed by atoms with Crippen LogP contribution in [0.25, 0.3) is 0 Å². The molecule has 0 saturated carbocycles. The van der Waals surface area contributed by atoms with E-state index >= 15 is 0 Å². The molecule has 1 unspecified atom stereocenters. The average molecular weight is 291 g/mol. The Hall–Kier alpha value is -0.0500. The Morgan fingerprint density at radius 1 is 1.33 bits per heavy atom. The van der Waals surface area contributed by atoms with Crippen molar-refractivity contribution in [2.45, 2.75) is 32.7 Å². The predicted molar refractivity (Wildman–Crippen MR) is 70.5 cm³/mol. The average Bonchev–Trinajstić information content (AvgIpc) is 2.16. The lowest BCUT2D eigenvalue weighted by Gasteiger charge is -2.18. The third-order valence-corrected chi connectivity index (χ3v) is 2.99. The SMILES string of the molecule is CCCC(NCC)c1cc(Cl)cc(Br)c1. The molecule has 3 heteroatoms. The molecule has 0 radical (unpaired) electrons. The van der Waals surface area contributed by atoms with Crippen molar-refractivity contribution in [3.8, 4) is 0 Å². The summed E-state index contributed by atoms with van der Waals surface area (Å²) < 4.78 is 1.05. The fourth-order valence-corrected chi connectivity index (χ4v) is 2.58. The number of rotatable bonds is 5. The highest BCUT2D eigenvalue weighted by atomic mass is 79.9. The van der Waals surface area contributed by atoms with Crippen molar-refractivity contribution < 1.29 is 0 Å². The maximum absolute atomic E-state index is 6.04. The fraction of sp³-hybridized carbons (Fsp3) is 0.500. The molecule has 1 nitrogen and oxygen atoms in total. The second-order valence-corrected chi connectivity index (χ2v) is 4.95. The number of benzene rings is 1. The van der Waals surface area contributed by atoms with Crippen LogP contribution in [-0.4, -0.2) is 6.54 Å². The van der Waals surface area contributed by atoms with Gasteiger partial charge in [0.25, 0.3) is 0 Å². The van der Waals surface area contributed by atoms with E-state index in [2.05, 4.69) is 41.2 Å². The molecule has 1 rings (SSSR count). The first-order chi connectivity index (χ1) is 7.17. The summed E-state index contributed by atoms with van der Waals surface area (Å²) in [6, 6.07) is 6.50.